The SMILES string of the molecule is O=C1[C@@H]2CC=CC[C@H]2C(=O)N1Cc1ccn(-c2cccc(F)c2)n1. The monoisotopic (exact) mass is 325 g/mol. The minimum Gasteiger partial charge on any atom is -0.276 e. The van der Waals surface area contributed by atoms with Gasteiger partial charge in [0.2, 0.25) is 11.8 Å². The largest absolute Gasteiger partial charge is 0.276 e. The Morgan fingerprint density at radius 2 is 1.79 bits per heavy atom. The first-order chi connectivity index (χ1) is 11.6. The highest BCUT2D eigenvalue weighted by Gasteiger charge is 2.47. The molecule has 1 aromatic heterocycles. The van der Waals surface area contributed by atoms with Gasteiger partial charge >= 0.3 is 0 Å². The maximum Gasteiger partial charge on any atom is 0.233 e. The molecule has 2 aliphatic rings. The zero-order chi connectivity index (χ0) is 16.7. The molecule has 0 radical (unpaired) electrons. The van der Waals surface area contributed by atoms with Crippen molar-refractivity contribution in [2.45, 2.75) is 19.4 Å². The van der Waals surface area contributed by atoms with Gasteiger partial charge in [-0.25, -0.2) is 9.07 Å². The molecule has 1 fully saturated rings. The van der Waals surface area contributed by atoms with Crippen molar-refractivity contribution in [1.29, 1.82) is 0 Å². The predicted octanol–water partition coefficient (Wildman–Crippen LogP) is 2.46. The van der Waals surface area contributed by atoms with Gasteiger partial charge in [-0.3, -0.25) is 14.5 Å². The third kappa shape index (κ3) is 2.44. The van der Waals surface area contributed by atoms with Gasteiger partial charge in [-0.1, -0.05) is 18.2 Å². The Kier molecular flexibility index (Phi) is 3.52. The second-order valence-electron chi connectivity index (χ2n) is 6.15. The fourth-order valence-corrected chi connectivity index (χ4v) is 3.40. The van der Waals surface area contributed by atoms with Gasteiger partial charge in [0.05, 0.1) is 29.8 Å². The number of rotatable bonds is 3. The molecule has 0 bridgehead atoms. The fourth-order valence-electron chi connectivity index (χ4n) is 3.40. The molecule has 122 valence electrons. The number of halogens is 1. The number of nitrogens with zero attached hydrogens (tertiary/aromatic N) is 3. The van der Waals surface area contributed by atoms with Crippen molar-refractivity contribution in [3.8, 4) is 5.69 Å². The van der Waals surface area contributed by atoms with Crippen LogP contribution >= 0.6 is 0 Å². The zero-order valence-electron chi connectivity index (χ0n) is 12.9. The Morgan fingerprint density at radius 1 is 1.08 bits per heavy atom. The molecule has 0 spiro atoms. The van der Waals surface area contributed by atoms with Crippen molar-refractivity contribution in [1.82, 2.24) is 14.7 Å². The first-order valence-electron chi connectivity index (χ1n) is 7.94. The molecule has 2 heterocycles. The molecule has 2 aromatic rings. The summed E-state index contributed by atoms with van der Waals surface area (Å²) in [5.41, 5.74) is 1.20. The molecule has 0 unspecified atom stereocenters. The average Bonchev–Trinajstić information content (AvgIpc) is 3.15. The molecule has 24 heavy (non-hydrogen) atoms. The number of carbonyl (C=O) groups excluding carboxylic acids is 2. The second-order valence-corrected chi connectivity index (χ2v) is 6.15. The summed E-state index contributed by atoms with van der Waals surface area (Å²) < 4.78 is 14.9. The normalized spacial score (nSPS) is 23.0. The summed E-state index contributed by atoms with van der Waals surface area (Å²) in [6, 6.07) is 7.84. The molecular weight excluding hydrogens is 309 g/mol. The van der Waals surface area contributed by atoms with E-state index in [0.29, 0.717) is 24.2 Å². The number of hydrogen-bond donors (Lipinski definition) is 0. The quantitative estimate of drug-likeness (QED) is 0.643. The van der Waals surface area contributed by atoms with E-state index in [0.717, 1.165) is 0 Å². The van der Waals surface area contributed by atoms with Crippen LogP contribution in [-0.2, 0) is 16.1 Å². The molecule has 0 saturated carbocycles. The lowest BCUT2D eigenvalue weighted by molar-refractivity contribution is -0.140. The van der Waals surface area contributed by atoms with Gasteiger partial charge in [0, 0.05) is 6.20 Å². The van der Waals surface area contributed by atoms with Crippen molar-refractivity contribution in [3.05, 3.63) is 60.2 Å². The zero-order valence-corrected chi connectivity index (χ0v) is 12.9. The molecule has 2 atom stereocenters. The van der Waals surface area contributed by atoms with Crippen LogP contribution in [0.4, 0.5) is 4.39 Å². The van der Waals surface area contributed by atoms with Crippen LogP contribution in [0.2, 0.25) is 0 Å². The highest BCUT2D eigenvalue weighted by molar-refractivity contribution is 6.05. The van der Waals surface area contributed by atoms with Gasteiger partial charge in [0.25, 0.3) is 0 Å². The van der Waals surface area contributed by atoms with Crippen molar-refractivity contribution < 1.29 is 14.0 Å². The number of aromatic nitrogens is 2. The summed E-state index contributed by atoms with van der Waals surface area (Å²) in [5.74, 6) is -1.03. The summed E-state index contributed by atoms with van der Waals surface area (Å²) in [7, 11) is 0. The topological polar surface area (TPSA) is 55.2 Å². The van der Waals surface area contributed by atoms with E-state index in [1.54, 1.807) is 24.4 Å². The molecule has 2 amide bonds. The molecular formula is C18H16FN3O2. The predicted molar refractivity (Wildman–Crippen MR) is 84.4 cm³/mol. The number of carbonyl (C=O) groups is 2. The van der Waals surface area contributed by atoms with Crippen LogP contribution in [0, 0.1) is 17.7 Å². The molecule has 0 N–H and O–H groups in total. The van der Waals surface area contributed by atoms with E-state index in [-0.39, 0.29) is 36.0 Å². The molecule has 1 aliphatic carbocycles. The summed E-state index contributed by atoms with van der Waals surface area (Å²) in [6.07, 6.45) is 6.89. The van der Waals surface area contributed by atoms with Gasteiger partial charge < -0.3 is 0 Å². The molecule has 1 saturated heterocycles. The van der Waals surface area contributed by atoms with Crippen LogP contribution in [0.1, 0.15) is 18.5 Å². The third-order valence-electron chi connectivity index (χ3n) is 4.64. The Labute approximate surface area is 138 Å². The van der Waals surface area contributed by atoms with Gasteiger partial charge in [0.1, 0.15) is 5.82 Å². The van der Waals surface area contributed by atoms with Crippen LogP contribution in [0.25, 0.3) is 5.69 Å². The lowest BCUT2D eigenvalue weighted by atomic mass is 9.85. The molecule has 1 aliphatic heterocycles. The molecule has 5 nitrogen and oxygen atoms in total. The van der Waals surface area contributed by atoms with Crippen LogP contribution < -0.4 is 0 Å². The van der Waals surface area contributed by atoms with E-state index >= 15 is 0 Å². The average molecular weight is 325 g/mol. The van der Waals surface area contributed by atoms with E-state index in [9.17, 15) is 14.0 Å². The van der Waals surface area contributed by atoms with Crippen molar-refractivity contribution in [2.75, 3.05) is 0 Å². The number of amides is 2. The summed E-state index contributed by atoms with van der Waals surface area (Å²) in [6.45, 7) is 0.160. The standard InChI is InChI=1S/C18H16FN3O2/c19-12-4-3-5-14(10-12)22-9-8-13(20-22)11-21-17(23)15-6-1-2-7-16(15)18(21)24/h1-5,8-10,15-16H,6-7,11H2/t15-,16-/m1/s1. The van der Waals surface area contributed by atoms with E-state index in [1.807, 2.05) is 12.2 Å². The molecule has 6 heteroatoms. The van der Waals surface area contributed by atoms with Crippen molar-refractivity contribution >= 4 is 11.8 Å². The van der Waals surface area contributed by atoms with Crippen LogP contribution in [0.3, 0.4) is 0 Å². The van der Waals surface area contributed by atoms with Gasteiger partial charge in [-0.15, -0.1) is 0 Å². The van der Waals surface area contributed by atoms with Crippen LogP contribution in [0.5, 0.6) is 0 Å². The Balaban J connectivity index is 1.54. The number of imide groups is 1. The van der Waals surface area contributed by atoms with Crippen molar-refractivity contribution in [2.24, 2.45) is 11.8 Å². The Morgan fingerprint density at radius 3 is 2.46 bits per heavy atom. The van der Waals surface area contributed by atoms with Crippen molar-refractivity contribution in [3.63, 3.8) is 0 Å². The summed E-state index contributed by atoms with van der Waals surface area (Å²) in [4.78, 5) is 26.2. The summed E-state index contributed by atoms with van der Waals surface area (Å²) >= 11 is 0. The Hall–Kier alpha value is -2.76. The number of hydrogen-bond acceptors (Lipinski definition) is 3. The maximum atomic E-state index is 13.3. The number of allylic oxidation sites excluding steroid dienone is 2. The van der Waals surface area contributed by atoms with Gasteiger partial charge in [-0.05, 0) is 37.1 Å². The van der Waals surface area contributed by atoms with E-state index in [1.165, 1.54) is 21.7 Å². The molecule has 1 aromatic carbocycles. The number of fused-ring (bicyclic) bond motifs is 1. The lowest BCUT2D eigenvalue weighted by Gasteiger charge is -2.14. The van der Waals surface area contributed by atoms with Gasteiger partial charge in [-0.2, -0.15) is 5.10 Å². The first-order valence-corrected chi connectivity index (χ1v) is 7.94. The highest BCUT2D eigenvalue weighted by atomic mass is 19.1. The molecule has 4 rings (SSSR count). The minimum absolute atomic E-state index is 0.116. The lowest BCUT2D eigenvalue weighted by Crippen LogP contribution is -2.30. The van der Waals surface area contributed by atoms with Crippen LogP contribution in [0.15, 0.2) is 48.7 Å². The fraction of sp³-hybridized carbons (Fsp3) is 0.278. The van der Waals surface area contributed by atoms with Gasteiger partial charge in [0.15, 0.2) is 0 Å². The minimum atomic E-state index is -0.342. The highest BCUT2D eigenvalue weighted by Crippen LogP contribution is 2.35. The number of likely N-dealkylation sites (tertiary alicyclic amines) is 1. The number of benzene rings is 1. The van der Waals surface area contributed by atoms with Crippen LogP contribution in [-0.4, -0.2) is 26.5 Å². The first kappa shape index (κ1) is 14.8. The Bertz CT molecular complexity index is 816. The summed E-state index contributed by atoms with van der Waals surface area (Å²) in [5, 5.41) is 4.36. The third-order valence-corrected chi connectivity index (χ3v) is 4.64. The van der Waals surface area contributed by atoms with E-state index in [4.69, 9.17) is 0 Å². The smallest absolute Gasteiger partial charge is 0.233 e. The second kappa shape index (κ2) is 5.70. The van der Waals surface area contributed by atoms with E-state index < -0.39 is 0 Å². The van der Waals surface area contributed by atoms with E-state index in [2.05, 4.69) is 5.10 Å². The maximum absolute atomic E-state index is 13.3.